The van der Waals surface area contributed by atoms with Crippen LogP contribution >= 0.6 is 39.3 Å². The van der Waals surface area contributed by atoms with E-state index in [1.807, 2.05) is 12.1 Å². The Hall–Kier alpha value is 0.130. The summed E-state index contributed by atoms with van der Waals surface area (Å²) in [6, 6.07) is 7.24. The Kier molecular flexibility index (Phi) is 6.17. The maximum absolute atomic E-state index is 12.0. The first-order chi connectivity index (χ1) is 7.92. The molecular formula is C11H11BrClF3S. The zero-order chi connectivity index (χ0) is 12.9. The van der Waals surface area contributed by atoms with Gasteiger partial charge in [0, 0.05) is 16.1 Å². The van der Waals surface area contributed by atoms with Gasteiger partial charge in [0.1, 0.15) is 0 Å². The highest BCUT2D eigenvalue weighted by molar-refractivity contribution is 9.09. The van der Waals surface area contributed by atoms with Crippen molar-refractivity contribution >= 4 is 39.3 Å². The molecule has 0 amide bonds. The molecule has 0 aliphatic heterocycles. The number of benzene rings is 1. The summed E-state index contributed by atoms with van der Waals surface area (Å²) in [6.07, 6.45) is 0.468. The van der Waals surface area contributed by atoms with Gasteiger partial charge in [0.2, 0.25) is 0 Å². The zero-order valence-corrected chi connectivity index (χ0v) is 12.0. The van der Waals surface area contributed by atoms with Gasteiger partial charge in [0.05, 0.1) is 0 Å². The molecule has 0 heterocycles. The summed E-state index contributed by atoms with van der Waals surface area (Å²) in [6.45, 7) is 0. The van der Waals surface area contributed by atoms with E-state index in [4.69, 9.17) is 11.6 Å². The van der Waals surface area contributed by atoms with Crippen LogP contribution in [0.2, 0.25) is 5.02 Å². The maximum Gasteiger partial charge on any atom is 0.441 e. The van der Waals surface area contributed by atoms with Crippen LogP contribution in [0, 0.1) is 0 Å². The van der Waals surface area contributed by atoms with Crippen molar-refractivity contribution in [2.75, 3.05) is 11.1 Å². The van der Waals surface area contributed by atoms with Crippen LogP contribution in [0.5, 0.6) is 0 Å². The third-order valence-corrected chi connectivity index (χ3v) is 4.02. The SMILES string of the molecule is FC(F)(F)SCCC(CBr)c1cccc(Cl)c1. The number of rotatable bonds is 5. The van der Waals surface area contributed by atoms with Gasteiger partial charge in [0.25, 0.3) is 0 Å². The molecule has 0 saturated carbocycles. The minimum Gasteiger partial charge on any atom is -0.160 e. The number of hydrogen-bond donors (Lipinski definition) is 0. The highest BCUT2D eigenvalue weighted by atomic mass is 79.9. The molecule has 1 rings (SSSR count). The van der Waals surface area contributed by atoms with E-state index in [0.717, 1.165) is 5.56 Å². The van der Waals surface area contributed by atoms with Gasteiger partial charge in [-0.25, -0.2) is 0 Å². The standard InChI is InChI=1S/C11H11BrClF3S/c12-7-9(4-5-17-11(14,15)16)8-2-1-3-10(13)6-8/h1-3,6,9H,4-5,7H2. The second-order valence-electron chi connectivity index (χ2n) is 3.49. The molecule has 17 heavy (non-hydrogen) atoms. The van der Waals surface area contributed by atoms with E-state index in [9.17, 15) is 13.2 Å². The molecule has 0 spiro atoms. The van der Waals surface area contributed by atoms with Crippen molar-refractivity contribution in [1.29, 1.82) is 0 Å². The van der Waals surface area contributed by atoms with Crippen LogP contribution in [0.4, 0.5) is 13.2 Å². The van der Waals surface area contributed by atoms with Gasteiger partial charge in [-0.05, 0) is 30.0 Å². The Balaban J connectivity index is 2.54. The summed E-state index contributed by atoms with van der Waals surface area (Å²) in [4.78, 5) is 0. The summed E-state index contributed by atoms with van der Waals surface area (Å²) in [5.74, 6) is 0.121. The first-order valence-electron chi connectivity index (χ1n) is 4.94. The van der Waals surface area contributed by atoms with Crippen molar-refractivity contribution in [1.82, 2.24) is 0 Å². The Labute approximate surface area is 116 Å². The first-order valence-corrected chi connectivity index (χ1v) is 7.43. The van der Waals surface area contributed by atoms with Gasteiger partial charge >= 0.3 is 5.51 Å². The monoisotopic (exact) mass is 346 g/mol. The van der Waals surface area contributed by atoms with Crippen molar-refractivity contribution in [3.63, 3.8) is 0 Å². The molecule has 0 saturated heterocycles. The highest BCUT2D eigenvalue weighted by Gasteiger charge is 2.28. The van der Waals surface area contributed by atoms with E-state index >= 15 is 0 Å². The smallest absolute Gasteiger partial charge is 0.160 e. The van der Waals surface area contributed by atoms with E-state index in [1.165, 1.54) is 0 Å². The summed E-state index contributed by atoms with van der Waals surface area (Å²) >= 11 is 9.20. The van der Waals surface area contributed by atoms with Gasteiger partial charge in [-0.1, -0.05) is 51.4 Å². The van der Waals surface area contributed by atoms with Crippen molar-refractivity contribution < 1.29 is 13.2 Å². The van der Waals surface area contributed by atoms with Crippen LogP contribution < -0.4 is 0 Å². The minimum atomic E-state index is -4.15. The molecule has 0 aromatic heterocycles. The highest BCUT2D eigenvalue weighted by Crippen LogP contribution is 2.33. The van der Waals surface area contributed by atoms with Crippen molar-refractivity contribution in [3.8, 4) is 0 Å². The average Bonchev–Trinajstić information content (AvgIpc) is 2.23. The third kappa shape index (κ3) is 6.02. The van der Waals surface area contributed by atoms with E-state index in [0.29, 0.717) is 16.8 Å². The quantitative estimate of drug-likeness (QED) is 0.637. The largest absolute Gasteiger partial charge is 0.441 e. The molecule has 6 heteroatoms. The summed E-state index contributed by atoms with van der Waals surface area (Å²) in [5.41, 5.74) is -3.18. The molecule has 0 aliphatic carbocycles. The Morgan fingerprint density at radius 2 is 2.06 bits per heavy atom. The Morgan fingerprint density at radius 3 is 2.59 bits per heavy atom. The molecule has 0 radical (unpaired) electrons. The molecular weight excluding hydrogens is 337 g/mol. The lowest BCUT2D eigenvalue weighted by Crippen LogP contribution is -2.06. The Morgan fingerprint density at radius 1 is 1.35 bits per heavy atom. The number of hydrogen-bond acceptors (Lipinski definition) is 1. The van der Waals surface area contributed by atoms with Gasteiger partial charge in [0.15, 0.2) is 0 Å². The lowest BCUT2D eigenvalue weighted by atomic mass is 9.99. The van der Waals surface area contributed by atoms with Crippen molar-refractivity contribution in [3.05, 3.63) is 34.9 Å². The average molecular weight is 348 g/mol. The number of alkyl halides is 4. The van der Waals surface area contributed by atoms with Crippen molar-refractivity contribution in [2.45, 2.75) is 17.8 Å². The molecule has 0 bridgehead atoms. The van der Waals surface area contributed by atoms with E-state index in [1.54, 1.807) is 12.1 Å². The van der Waals surface area contributed by atoms with Crippen molar-refractivity contribution in [2.24, 2.45) is 0 Å². The maximum atomic E-state index is 12.0. The molecule has 1 aromatic rings. The molecule has 96 valence electrons. The summed E-state index contributed by atoms with van der Waals surface area (Å²) in [7, 11) is 0. The topological polar surface area (TPSA) is 0 Å². The molecule has 0 N–H and O–H groups in total. The fraction of sp³-hybridized carbons (Fsp3) is 0.455. The molecule has 1 atom stereocenters. The van der Waals surface area contributed by atoms with Crippen LogP contribution in [0.15, 0.2) is 24.3 Å². The van der Waals surface area contributed by atoms with E-state index in [2.05, 4.69) is 15.9 Å². The second-order valence-corrected chi connectivity index (χ2v) is 5.73. The molecule has 0 aliphatic rings. The van der Waals surface area contributed by atoms with Crippen LogP contribution in [0.25, 0.3) is 0 Å². The fourth-order valence-corrected chi connectivity index (χ4v) is 2.94. The summed E-state index contributed by atoms with van der Waals surface area (Å²) < 4.78 is 36.0. The van der Waals surface area contributed by atoms with Crippen LogP contribution in [0.3, 0.4) is 0 Å². The minimum absolute atomic E-state index is 0.0223. The number of halogens is 5. The second kappa shape index (κ2) is 6.90. The fourth-order valence-electron chi connectivity index (χ4n) is 1.41. The molecule has 0 nitrogen and oxygen atoms in total. The molecule has 1 aromatic carbocycles. The van der Waals surface area contributed by atoms with Crippen LogP contribution in [0.1, 0.15) is 17.9 Å². The van der Waals surface area contributed by atoms with Gasteiger partial charge in [-0.2, -0.15) is 13.2 Å². The predicted octanol–water partition coefficient (Wildman–Crippen LogP) is 5.46. The normalized spacial score (nSPS) is 13.7. The summed E-state index contributed by atoms with van der Waals surface area (Å²) in [5, 5.41) is 1.24. The van der Waals surface area contributed by atoms with Gasteiger partial charge in [-0.3, -0.25) is 0 Å². The Bertz CT molecular complexity index is 357. The number of thioether (sulfide) groups is 1. The predicted molar refractivity (Wildman–Crippen MR) is 71.1 cm³/mol. The van der Waals surface area contributed by atoms with Gasteiger partial charge < -0.3 is 0 Å². The molecule has 1 unspecified atom stereocenters. The van der Waals surface area contributed by atoms with Crippen LogP contribution in [-0.2, 0) is 0 Å². The van der Waals surface area contributed by atoms with E-state index in [-0.39, 0.29) is 23.4 Å². The molecule has 0 fully saturated rings. The first kappa shape index (κ1) is 15.2. The lowest BCUT2D eigenvalue weighted by Gasteiger charge is -2.15. The van der Waals surface area contributed by atoms with E-state index < -0.39 is 5.51 Å². The third-order valence-electron chi connectivity index (χ3n) is 2.24. The zero-order valence-electron chi connectivity index (χ0n) is 8.81. The lowest BCUT2D eigenvalue weighted by molar-refractivity contribution is -0.0328. The van der Waals surface area contributed by atoms with Gasteiger partial charge in [-0.15, -0.1) is 0 Å². The van der Waals surface area contributed by atoms with Crippen LogP contribution in [-0.4, -0.2) is 16.6 Å².